The fraction of sp³-hybridized carbons (Fsp3) is 0.400. The van der Waals surface area contributed by atoms with Gasteiger partial charge < -0.3 is 14.6 Å². The van der Waals surface area contributed by atoms with Gasteiger partial charge in [-0.15, -0.1) is 13.2 Å². The highest BCUT2D eigenvalue weighted by Crippen LogP contribution is 2.30. The molecule has 19 heavy (non-hydrogen) atoms. The number of nitrogens with zero attached hydrogens (tertiary/aromatic N) is 1. The molecule has 0 aliphatic carbocycles. The Kier molecular flexibility index (Phi) is 4.98. The van der Waals surface area contributed by atoms with Crippen LogP contribution in [0.15, 0.2) is 6.07 Å². The van der Waals surface area contributed by atoms with Crippen LogP contribution < -0.4 is 4.74 Å². The minimum atomic E-state index is -4.91. The Morgan fingerprint density at radius 3 is 2.63 bits per heavy atom. The van der Waals surface area contributed by atoms with Crippen molar-refractivity contribution >= 4 is 21.9 Å². The predicted molar refractivity (Wildman–Crippen MR) is 60.9 cm³/mol. The molecule has 0 unspecified atom stereocenters. The summed E-state index contributed by atoms with van der Waals surface area (Å²) in [5, 5.41) is 9.79. The summed E-state index contributed by atoms with van der Waals surface area (Å²) in [5.41, 5.74) is -0.129. The van der Waals surface area contributed by atoms with Crippen molar-refractivity contribution in [3.05, 3.63) is 17.3 Å². The van der Waals surface area contributed by atoms with Gasteiger partial charge in [0.1, 0.15) is 5.75 Å². The van der Waals surface area contributed by atoms with E-state index < -0.39 is 24.6 Å². The lowest BCUT2D eigenvalue weighted by Crippen LogP contribution is -2.19. The van der Waals surface area contributed by atoms with Gasteiger partial charge in [0.15, 0.2) is 0 Å². The SMILES string of the molecule is COC(=O)Cc1nc(OC(F)(F)F)cc(CBr)c1O. The van der Waals surface area contributed by atoms with Crippen molar-refractivity contribution in [2.45, 2.75) is 18.1 Å². The standard InChI is InChI=1S/C10H9BrF3NO4/c1-18-8(16)3-6-9(17)5(4-11)2-7(15-6)19-10(12,13)14/h2,17H,3-4H2,1H3. The van der Waals surface area contributed by atoms with Crippen molar-refractivity contribution in [2.75, 3.05) is 7.11 Å². The number of carbonyl (C=O) groups is 1. The molecule has 0 aliphatic heterocycles. The second-order valence-electron chi connectivity index (χ2n) is 3.35. The first kappa shape index (κ1) is 15.5. The zero-order valence-electron chi connectivity index (χ0n) is 9.62. The van der Waals surface area contributed by atoms with Crippen LogP contribution in [0.25, 0.3) is 0 Å². The van der Waals surface area contributed by atoms with E-state index in [1.807, 2.05) is 0 Å². The quantitative estimate of drug-likeness (QED) is 0.671. The Morgan fingerprint density at radius 2 is 2.16 bits per heavy atom. The normalized spacial score (nSPS) is 11.2. The summed E-state index contributed by atoms with van der Waals surface area (Å²) >= 11 is 3.00. The number of methoxy groups -OCH3 is 1. The van der Waals surface area contributed by atoms with Gasteiger partial charge in [-0.25, -0.2) is 4.98 Å². The van der Waals surface area contributed by atoms with Crippen LogP contribution in [-0.4, -0.2) is 29.5 Å². The zero-order chi connectivity index (χ0) is 14.6. The Morgan fingerprint density at radius 1 is 1.53 bits per heavy atom. The number of alkyl halides is 4. The monoisotopic (exact) mass is 343 g/mol. The zero-order valence-corrected chi connectivity index (χ0v) is 11.2. The Balaban J connectivity index is 3.14. The molecule has 0 amide bonds. The van der Waals surface area contributed by atoms with E-state index in [1.54, 1.807) is 0 Å². The second kappa shape index (κ2) is 6.09. The van der Waals surface area contributed by atoms with Gasteiger partial charge in [0.2, 0.25) is 5.88 Å². The number of halogens is 4. The fourth-order valence-corrected chi connectivity index (χ4v) is 1.65. The lowest BCUT2D eigenvalue weighted by Gasteiger charge is -2.12. The molecule has 0 saturated heterocycles. The molecule has 0 radical (unpaired) electrons. The first-order valence-electron chi connectivity index (χ1n) is 4.87. The molecule has 1 rings (SSSR count). The van der Waals surface area contributed by atoms with Crippen molar-refractivity contribution in [3.63, 3.8) is 0 Å². The van der Waals surface area contributed by atoms with E-state index in [2.05, 4.69) is 30.4 Å². The minimum Gasteiger partial charge on any atom is -0.506 e. The Hall–Kier alpha value is -1.51. The molecule has 106 valence electrons. The second-order valence-corrected chi connectivity index (χ2v) is 3.91. The molecule has 0 aromatic carbocycles. The van der Waals surface area contributed by atoms with E-state index in [0.29, 0.717) is 0 Å². The van der Waals surface area contributed by atoms with Crippen LogP contribution in [0.3, 0.4) is 0 Å². The van der Waals surface area contributed by atoms with Gasteiger partial charge in [-0.1, -0.05) is 15.9 Å². The van der Waals surface area contributed by atoms with E-state index in [1.165, 1.54) is 0 Å². The van der Waals surface area contributed by atoms with Crippen molar-refractivity contribution < 1.29 is 32.5 Å². The number of hydrogen-bond donors (Lipinski definition) is 1. The molecule has 0 aliphatic rings. The van der Waals surface area contributed by atoms with Gasteiger partial charge in [-0.3, -0.25) is 4.79 Å². The number of esters is 1. The molecule has 0 spiro atoms. The summed E-state index contributed by atoms with van der Waals surface area (Å²) < 4.78 is 44.3. The average Bonchev–Trinajstić information content (AvgIpc) is 2.30. The molecule has 9 heteroatoms. The summed E-state index contributed by atoms with van der Waals surface area (Å²) in [6.45, 7) is 0. The molecule has 0 saturated carbocycles. The van der Waals surface area contributed by atoms with Gasteiger partial charge in [0.25, 0.3) is 0 Å². The number of carbonyl (C=O) groups excluding carboxylic acids is 1. The van der Waals surface area contributed by atoms with Crippen LogP contribution in [0, 0.1) is 0 Å². The van der Waals surface area contributed by atoms with Crippen LogP contribution in [-0.2, 0) is 21.3 Å². The summed E-state index contributed by atoms with van der Waals surface area (Å²) in [5.74, 6) is -1.87. The highest BCUT2D eigenvalue weighted by atomic mass is 79.9. The van der Waals surface area contributed by atoms with Gasteiger partial charge in [-0.2, -0.15) is 0 Å². The summed E-state index contributed by atoms with van der Waals surface area (Å²) in [6, 6.07) is 0.929. The predicted octanol–water partition coefficient (Wildman–Crippen LogP) is 2.30. The highest BCUT2D eigenvalue weighted by Gasteiger charge is 2.32. The van der Waals surface area contributed by atoms with Crippen molar-refractivity contribution in [2.24, 2.45) is 0 Å². The van der Waals surface area contributed by atoms with E-state index in [-0.39, 0.29) is 22.3 Å². The average molecular weight is 344 g/mol. The molecule has 0 fully saturated rings. The van der Waals surface area contributed by atoms with Crippen molar-refractivity contribution in [3.8, 4) is 11.6 Å². The number of rotatable bonds is 4. The molecule has 1 aromatic rings. The van der Waals surface area contributed by atoms with Crippen LogP contribution in [0.4, 0.5) is 13.2 Å². The maximum absolute atomic E-state index is 12.1. The van der Waals surface area contributed by atoms with Crippen LogP contribution in [0.5, 0.6) is 11.6 Å². The molecule has 0 bridgehead atoms. The fourth-order valence-electron chi connectivity index (χ4n) is 1.23. The minimum absolute atomic E-state index is 0.0732. The maximum atomic E-state index is 12.1. The van der Waals surface area contributed by atoms with Crippen LogP contribution in [0.2, 0.25) is 0 Å². The summed E-state index contributed by atoms with van der Waals surface area (Å²) in [4.78, 5) is 14.5. The van der Waals surface area contributed by atoms with E-state index in [0.717, 1.165) is 13.2 Å². The van der Waals surface area contributed by atoms with Gasteiger partial charge >= 0.3 is 12.3 Å². The van der Waals surface area contributed by atoms with Crippen molar-refractivity contribution in [1.82, 2.24) is 4.98 Å². The highest BCUT2D eigenvalue weighted by molar-refractivity contribution is 9.08. The summed E-state index contributed by atoms with van der Waals surface area (Å²) in [6.07, 6.45) is -5.37. The lowest BCUT2D eigenvalue weighted by molar-refractivity contribution is -0.276. The molecular formula is C10H9BrF3NO4. The van der Waals surface area contributed by atoms with Crippen LogP contribution in [0.1, 0.15) is 11.3 Å². The third-order valence-electron chi connectivity index (χ3n) is 2.02. The molecular weight excluding hydrogens is 335 g/mol. The van der Waals surface area contributed by atoms with Crippen LogP contribution >= 0.6 is 15.9 Å². The van der Waals surface area contributed by atoms with E-state index in [4.69, 9.17) is 0 Å². The van der Waals surface area contributed by atoms with E-state index >= 15 is 0 Å². The third-order valence-corrected chi connectivity index (χ3v) is 2.63. The number of hydrogen-bond acceptors (Lipinski definition) is 5. The molecule has 5 nitrogen and oxygen atoms in total. The van der Waals surface area contributed by atoms with E-state index in [9.17, 15) is 23.1 Å². The topological polar surface area (TPSA) is 68.7 Å². The van der Waals surface area contributed by atoms with Gasteiger partial charge in [0, 0.05) is 17.0 Å². The summed E-state index contributed by atoms with van der Waals surface area (Å²) in [7, 11) is 1.11. The molecule has 1 heterocycles. The number of aromatic nitrogens is 1. The molecule has 0 atom stereocenters. The maximum Gasteiger partial charge on any atom is 0.574 e. The Bertz CT molecular complexity index is 479. The largest absolute Gasteiger partial charge is 0.574 e. The number of ether oxygens (including phenoxy) is 2. The Labute approximate surface area is 114 Å². The lowest BCUT2D eigenvalue weighted by atomic mass is 10.2. The van der Waals surface area contributed by atoms with Crippen molar-refractivity contribution in [1.29, 1.82) is 0 Å². The van der Waals surface area contributed by atoms with Gasteiger partial charge in [-0.05, 0) is 0 Å². The smallest absolute Gasteiger partial charge is 0.506 e. The first-order valence-corrected chi connectivity index (χ1v) is 5.99. The number of aromatic hydroxyl groups is 1. The van der Waals surface area contributed by atoms with Gasteiger partial charge in [0.05, 0.1) is 19.2 Å². The molecule has 1 aromatic heterocycles. The third kappa shape index (κ3) is 4.58. The molecule has 1 N–H and O–H groups in total. The number of pyridine rings is 1. The first-order chi connectivity index (χ1) is 8.76.